The molecule has 0 atom stereocenters. The van der Waals surface area contributed by atoms with E-state index in [1.807, 2.05) is 24.9 Å². The molecule has 0 aliphatic heterocycles. The minimum Gasteiger partial charge on any atom is -0.354 e. The Morgan fingerprint density at radius 3 is 2.68 bits per heavy atom. The Bertz CT molecular complexity index is 754. The lowest BCUT2D eigenvalue weighted by Crippen LogP contribution is -2.29. The first-order valence-corrected chi connectivity index (χ1v) is 9.25. The van der Waals surface area contributed by atoms with E-state index < -0.39 is 0 Å². The second-order valence-corrected chi connectivity index (χ2v) is 7.16. The summed E-state index contributed by atoms with van der Waals surface area (Å²) in [4.78, 5) is 16.8. The largest absolute Gasteiger partial charge is 0.354 e. The summed E-state index contributed by atoms with van der Waals surface area (Å²) in [7, 11) is 1.94. The van der Waals surface area contributed by atoms with Crippen LogP contribution in [0.4, 0.5) is 0 Å². The molecule has 1 fully saturated rings. The van der Waals surface area contributed by atoms with Crippen molar-refractivity contribution in [3.8, 4) is 0 Å². The molecule has 2 aromatic heterocycles. The first-order valence-electron chi connectivity index (χ1n) is 9.25. The maximum atomic E-state index is 12.2. The van der Waals surface area contributed by atoms with Gasteiger partial charge in [0.2, 0.25) is 5.91 Å². The SMILES string of the molecule is Cc1nn(C)c(C)c1CCC(=O)NCCn1c(C)cnc1C1CCC1. The molecule has 0 spiro atoms. The summed E-state index contributed by atoms with van der Waals surface area (Å²) < 4.78 is 4.14. The van der Waals surface area contributed by atoms with Crippen molar-refractivity contribution in [1.82, 2.24) is 24.6 Å². The molecule has 3 rings (SSSR count). The van der Waals surface area contributed by atoms with Crippen LogP contribution in [0.15, 0.2) is 6.20 Å². The van der Waals surface area contributed by atoms with Crippen LogP contribution in [0.1, 0.15) is 60.1 Å². The van der Waals surface area contributed by atoms with Crippen molar-refractivity contribution in [3.05, 3.63) is 34.7 Å². The number of aryl methyl sites for hydroxylation is 3. The molecule has 2 aromatic rings. The fourth-order valence-electron chi connectivity index (χ4n) is 3.58. The number of hydrogen-bond donors (Lipinski definition) is 1. The third-order valence-corrected chi connectivity index (χ3v) is 5.47. The van der Waals surface area contributed by atoms with Crippen molar-refractivity contribution in [2.24, 2.45) is 7.05 Å². The Kier molecular flexibility index (Phi) is 5.25. The van der Waals surface area contributed by atoms with Crippen LogP contribution in [0.5, 0.6) is 0 Å². The molecule has 2 heterocycles. The highest BCUT2D eigenvalue weighted by atomic mass is 16.1. The van der Waals surface area contributed by atoms with E-state index in [1.54, 1.807) is 0 Å². The van der Waals surface area contributed by atoms with E-state index in [4.69, 9.17) is 0 Å². The van der Waals surface area contributed by atoms with Crippen LogP contribution in [0.25, 0.3) is 0 Å². The van der Waals surface area contributed by atoms with E-state index >= 15 is 0 Å². The second-order valence-electron chi connectivity index (χ2n) is 7.16. The Labute approximate surface area is 149 Å². The lowest BCUT2D eigenvalue weighted by molar-refractivity contribution is -0.121. The van der Waals surface area contributed by atoms with Gasteiger partial charge in [-0.3, -0.25) is 9.48 Å². The minimum atomic E-state index is 0.102. The fraction of sp³-hybridized carbons (Fsp3) is 0.632. The first-order chi connectivity index (χ1) is 12.0. The van der Waals surface area contributed by atoms with Crippen molar-refractivity contribution >= 4 is 5.91 Å². The molecule has 6 nitrogen and oxygen atoms in total. The molecule has 0 saturated heterocycles. The van der Waals surface area contributed by atoms with Crippen LogP contribution in [0, 0.1) is 20.8 Å². The van der Waals surface area contributed by atoms with Gasteiger partial charge in [0.05, 0.1) is 5.69 Å². The van der Waals surface area contributed by atoms with Gasteiger partial charge in [0.25, 0.3) is 0 Å². The maximum Gasteiger partial charge on any atom is 0.220 e. The number of nitrogens with zero attached hydrogens (tertiary/aromatic N) is 4. The number of aromatic nitrogens is 4. The molecular formula is C19H29N5O. The molecule has 0 radical (unpaired) electrons. The Morgan fingerprint density at radius 1 is 1.32 bits per heavy atom. The van der Waals surface area contributed by atoms with Crippen LogP contribution in [0.3, 0.4) is 0 Å². The van der Waals surface area contributed by atoms with Crippen LogP contribution in [-0.2, 0) is 24.8 Å². The van der Waals surface area contributed by atoms with Gasteiger partial charge in [-0.15, -0.1) is 0 Å². The van der Waals surface area contributed by atoms with Gasteiger partial charge in [0.1, 0.15) is 5.82 Å². The Balaban J connectivity index is 1.48. The summed E-state index contributed by atoms with van der Waals surface area (Å²) in [5.41, 5.74) is 4.53. The molecular weight excluding hydrogens is 314 g/mol. The third-order valence-electron chi connectivity index (χ3n) is 5.47. The van der Waals surface area contributed by atoms with Crippen LogP contribution in [-0.4, -0.2) is 31.8 Å². The molecule has 0 unspecified atom stereocenters. The summed E-state index contributed by atoms with van der Waals surface area (Å²) in [6.45, 7) is 7.60. The molecule has 1 N–H and O–H groups in total. The van der Waals surface area contributed by atoms with Crippen LogP contribution in [0.2, 0.25) is 0 Å². The summed E-state index contributed by atoms with van der Waals surface area (Å²) in [6, 6.07) is 0. The monoisotopic (exact) mass is 343 g/mol. The predicted molar refractivity (Wildman–Crippen MR) is 97.6 cm³/mol. The van der Waals surface area contributed by atoms with Gasteiger partial charge in [-0.05, 0) is 45.6 Å². The van der Waals surface area contributed by atoms with E-state index in [0.29, 0.717) is 18.9 Å². The number of imidazole rings is 1. The second kappa shape index (κ2) is 7.42. The summed E-state index contributed by atoms with van der Waals surface area (Å²) in [5, 5.41) is 7.46. The number of nitrogens with one attached hydrogen (secondary N) is 1. The van der Waals surface area contributed by atoms with Gasteiger partial charge in [0, 0.05) is 50.1 Å². The van der Waals surface area contributed by atoms with Crippen molar-refractivity contribution < 1.29 is 4.79 Å². The highest BCUT2D eigenvalue weighted by Gasteiger charge is 2.24. The van der Waals surface area contributed by atoms with Gasteiger partial charge in [0.15, 0.2) is 0 Å². The molecule has 0 bridgehead atoms. The molecule has 1 saturated carbocycles. The smallest absolute Gasteiger partial charge is 0.220 e. The summed E-state index contributed by atoms with van der Waals surface area (Å²) in [5.74, 6) is 1.91. The van der Waals surface area contributed by atoms with Crippen LogP contribution < -0.4 is 5.32 Å². The fourth-order valence-corrected chi connectivity index (χ4v) is 3.58. The number of amides is 1. The number of carbonyl (C=O) groups is 1. The van der Waals surface area contributed by atoms with Crippen molar-refractivity contribution in [2.75, 3.05) is 6.54 Å². The number of carbonyl (C=O) groups excluding carboxylic acids is 1. The highest BCUT2D eigenvalue weighted by molar-refractivity contribution is 5.76. The lowest BCUT2D eigenvalue weighted by atomic mass is 9.85. The van der Waals surface area contributed by atoms with Crippen molar-refractivity contribution in [1.29, 1.82) is 0 Å². The summed E-state index contributed by atoms with van der Waals surface area (Å²) in [6.07, 6.45) is 6.99. The first kappa shape index (κ1) is 17.7. The van der Waals surface area contributed by atoms with E-state index in [2.05, 4.69) is 33.8 Å². The molecule has 1 aliphatic carbocycles. The zero-order chi connectivity index (χ0) is 18.0. The minimum absolute atomic E-state index is 0.102. The average Bonchev–Trinajstić information content (AvgIpc) is 2.98. The molecule has 6 heteroatoms. The topological polar surface area (TPSA) is 64.7 Å². The van der Waals surface area contributed by atoms with Crippen molar-refractivity contribution in [3.63, 3.8) is 0 Å². The van der Waals surface area contributed by atoms with Gasteiger partial charge < -0.3 is 9.88 Å². The van der Waals surface area contributed by atoms with E-state index in [9.17, 15) is 4.79 Å². The molecule has 1 amide bonds. The van der Waals surface area contributed by atoms with Crippen molar-refractivity contribution in [2.45, 2.75) is 65.3 Å². The van der Waals surface area contributed by atoms with Gasteiger partial charge >= 0.3 is 0 Å². The normalized spacial score (nSPS) is 14.6. The predicted octanol–water partition coefficient (Wildman–Crippen LogP) is 2.56. The molecule has 1 aliphatic rings. The Morgan fingerprint density at radius 2 is 2.08 bits per heavy atom. The average molecular weight is 343 g/mol. The highest BCUT2D eigenvalue weighted by Crippen LogP contribution is 2.35. The number of hydrogen-bond acceptors (Lipinski definition) is 3. The van der Waals surface area contributed by atoms with Crippen LogP contribution >= 0.6 is 0 Å². The molecule has 0 aromatic carbocycles. The van der Waals surface area contributed by atoms with E-state index in [0.717, 1.165) is 24.4 Å². The summed E-state index contributed by atoms with van der Waals surface area (Å²) >= 11 is 0. The third kappa shape index (κ3) is 3.78. The van der Waals surface area contributed by atoms with Gasteiger partial charge in [-0.25, -0.2) is 4.98 Å². The van der Waals surface area contributed by atoms with E-state index in [-0.39, 0.29) is 5.91 Å². The standard InChI is InChI=1S/C19H29N5O/c1-13-12-21-19(16-6-5-7-16)24(13)11-10-20-18(25)9-8-17-14(2)22-23(4)15(17)3/h12,16H,5-11H2,1-4H3,(H,20,25). The van der Waals surface area contributed by atoms with Gasteiger partial charge in [-0.1, -0.05) is 6.42 Å². The number of rotatable bonds is 7. The Hall–Kier alpha value is -2.11. The quantitative estimate of drug-likeness (QED) is 0.840. The zero-order valence-electron chi connectivity index (χ0n) is 15.8. The van der Waals surface area contributed by atoms with Gasteiger partial charge in [-0.2, -0.15) is 5.10 Å². The molecule has 136 valence electrons. The lowest BCUT2D eigenvalue weighted by Gasteiger charge is -2.26. The maximum absolute atomic E-state index is 12.2. The van der Waals surface area contributed by atoms with E-state index in [1.165, 1.54) is 36.3 Å². The zero-order valence-corrected chi connectivity index (χ0v) is 15.8. The molecule has 25 heavy (non-hydrogen) atoms.